The molecule has 3 rings (SSSR count). The molecule has 0 aliphatic carbocycles. The molecule has 1 amide bonds. The number of hydrogen-bond acceptors (Lipinski definition) is 5. The number of carbonyl (C=O) groups is 1. The van der Waals surface area contributed by atoms with Crippen molar-refractivity contribution < 1.29 is 14.3 Å². The van der Waals surface area contributed by atoms with Gasteiger partial charge in [0.2, 0.25) is 5.91 Å². The molecule has 2 aromatic rings. The van der Waals surface area contributed by atoms with Crippen molar-refractivity contribution in [3.8, 4) is 5.75 Å². The van der Waals surface area contributed by atoms with Gasteiger partial charge in [0.05, 0.1) is 11.8 Å². The Labute approximate surface area is 147 Å². The Morgan fingerprint density at radius 1 is 1.24 bits per heavy atom. The Morgan fingerprint density at radius 3 is 2.76 bits per heavy atom. The van der Waals surface area contributed by atoms with E-state index in [9.17, 15) is 4.79 Å². The lowest BCUT2D eigenvalue weighted by molar-refractivity contribution is -0.132. The summed E-state index contributed by atoms with van der Waals surface area (Å²) in [6.45, 7) is 1.36. The fourth-order valence-electron chi connectivity index (χ4n) is 2.72. The van der Waals surface area contributed by atoms with E-state index in [1.165, 1.54) is 0 Å². The summed E-state index contributed by atoms with van der Waals surface area (Å²) in [6.07, 6.45) is 2.94. The van der Waals surface area contributed by atoms with E-state index in [2.05, 4.69) is 10.3 Å². The molecule has 6 heteroatoms. The minimum absolute atomic E-state index is 0.00582. The third-order valence-electron chi connectivity index (χ3n) is 4.17. The number of amides is 1. The van der Waals surface area contributed by atoms with Gasteiger partial charge in [-0.2, -0.15) is 0 Å². The number of ether oxygens (including phenoxy) is 2. The molecule has 0 unspecified atom stereocenters. The van der Waals surface area contributed by atoms with Crippen LogP contribution >= 0.6 is 0 Å². The molecule has 1 aliphatic rings. The summed E-state index contributed by atoms with van der Waals surface area (Å²) < 4.78 is 11.3. The SMILES string of the molecule is NC[C@H]1CC[C@@H](C(=O)NCc2ccc(OCc3ccccn3)cc2)O1. The number of nitrogens with two attached hydrogens (primary N) is 1. The third kappa shape index (κ3) is 5.01. The predicted octanol–water partition coefficient (Wildman–Crippen LogP) is 1.78. The topological polar surface area (TPSA) is 86.5 Å². The first-order chi connectivity index (χ1) is 12.2. The van der Waals surface area contributed by atoms with Crippen LogP contribution in [0, 0.1) is 0 Å². The molecule has 132 valence electrons. The van der Waals surface area contributed by atoms with E-state index in [0.717, 1.165) is 29.8 Å². The maximum absolute atomic E-state index is 12.1. The molecule has 1 saturated heterocycles. The fourth-order valence-corrected chi connectivity index (χ4v) is 2.72. The summed E-state index contributed by atoms with van der Waals surface area (Å²) in [5, 5.41) is 2.91. The highest BCUT2D eigenvalue weighted by atomic mass is 16.5. The normalized spacial score (nSPS) is 19.6. The molecule has 0 spiro atoms. The van der Waals surface area contributed by atoms with Gasteiger partial charge in [0.25, 0.3) is 0 Å². The van der Waals surface area contributed by atoms with E-state index in [1.807, 2.05) is 42.5 Å². The number of carbonyl (C=O) groups excluding carboxylic acids is 1. The van der Waals surface area contributed by atoms with Crippen LogP contribution in [-0.2, 0) is 22.7 Å². The molecule has 2 heterocycles. The van der Waals surface area contributed by atoms with E-state index in [4.69, 9.17) is 15.2 Å². The molecule has 1 aliphatic heterocycles. The largest absolute Gasteiger partial charge is 0.487 e. The van der Waals surface area contributed by atoms with Crippen LogP contribution in [-0.4, -0.2) is 29.6 Å². The highest BCUT2D eigenvalue weighted by molar-refractivity contribution is 5.81. The van der Waals surface area contributed by atoms with E-state index in [0.29, 0.717) is 19.7 Å². The van der Waals surface area contributed by atoms with Gasteiger partial charge in [0.15, 0.2) is 0 Å². The van der Waals surface area contributed by atoms with Crippen LogP contribution in [0.25, 0.3) is 0 Å². The zero-order chi connectivity index (χ0) is 17.5. The number of nitrogens with zero attached hydrogens (tertiary/aromatic N) is 1. The number of aromatic nitrogens is 1. The lowest BCUT2D eigenvalue weighted by atomic mass is 10.1. The van der Waals surface area contributed by atoms with Crippen molar-refractivity contribution in [3.63, 3.8) is 0 Å². The highest BCUT2D eigenvalue weighted by Gasteiger charge is 2.29. The highest BCUT2D eigenvalue weighted by Crippen LogP contribution is 2.19. The molecular formula is C19H23N3O3. The van der Waals surface area contributed by atoms with Crippen LogP contribution in [0.5, 0.6) is 5.75 Å². The second kappa shape index (κ2) is 8.60. The molecule has 6 nitrogen and oxygen atoms in total. The van der Waals surface area contributed by atoms with Gasteiger partial charge in [-0.05, 0) is 42.7 Å². The van der Waals surface area contributed by atoms with Crippen molar-refractivity contribution in [3.05, 3.63) is 59.9 Å². The summed E-state index contributed by atoms with van der Waals surface area (Å²) >= 11 is 0. The number of pyridine rings is 1. The fraction of sp³-hybridized carbons (Fsp3) is 0.368. The van der Waals surface area contributed by atoms with E-state index < -0.39 is 0 Å². The van der Waals surface area contributed by atoms with Crippen LogP contribution in [0.4, 0.5) is 0 Å². The number of benzene rings is 1. The van der Waals surface area contributed by atoms with Crippen LogP contribution in [0.15, 0.2) is 48.7 Å². The zero-order valence-electron chi connectivity index (χ0n) is 14.1. The summed E-state index contributed by atoms with van der Waals surface area (Å²) in [6, 6.07) is 13.4. The van der Waals surface area contributed by atoms with E-state index in [1.54, 1.807) is 6.20 Å². The first kappa shape index (κ1) is 17.4. The first-order valence-electron chi connectivity index (χ1n) is 8.49. The quantitative estimate of drug-likeness (QED) is 0.802. The van der Waals surface area contributed by atoms with Crippen molar-refractivity contribution in [1.82, 2.24) is 10.3 Å². The lowest BCUT2D eigenvalue weighted by Crippen LogP contribution is -2.35. The second-order valence-electron chi connectivity index (χ2n) is 6.03. The maximum atomic E-state index is 12.1. The number of rotatable bonds is 7. The van der Waals surface area contributed by atoms with E-state index in [-0.39, 0.29) is 18.1 Å². The van der Waals surface area contributed by atoms with Gasteiger partial charge in [-0.3, -0.25) is 9.78 Å². The number of nitrogens with one attached hydrogen (secondary N) is 1. The number of hydrogen-bond donors (Lipinski definition) is 2. The average molecular weight is 341 g/mol. The molecule has 0 bridgehead atoms. The predicted molar refractivity (Wildman–Crippen MR) is 93.8 cm³/mol. The summed E-state index contributed by atoms with van der Waals surface area (Å²) in [4.78, 5) is 16.3. The van der Waals surface area contributed by atoms with Gasteiger partial charge in [-0.15, -0.1) is 0 Å². The van der Waals surface area contributed by atoms with Gasteiger partial charge in [0, 0.05) is 19.3 Å². The second-order valence-corrected chi connectivity index (χ2v) is 6.03. The molecule has 1 aromatic carbocycles. The average Bonchev–Trinajstić information content (AvgIpc) is 3.15. The van der Waals surface area contributed by atoms with Crippen molar-refractivity contribution >= 4 is 5.91 Å². The van der Waals surface area contributed by atoms with Crippen molar-refractivity contribution in [2.24, 2.45) is 5.73 Å². The van der Waals surface area contributed by atoms with Crippen molar-refractivity contribution in [2.45, 2.75) is 38.2 Å². The Bertz CT molecular complexity index is 676. The van der Waals surface area contributed by atoms with Crippen LogP contribution in [0.2, 0.25) is 0 Å². The molecular weight excluding hydrogens is 318 g/mol. The molecule has 3 N–H and O–H groups in total. The maximum Gasteiger partial charge on any atom is 0.249 e. The lowest BCUT2D eigenvalue weighted by Gasteiger charge is -2.13. The minimum Gasteiger partial charge on any atom is -0.487 e. The smallest absolute Gasteiger partial charge is 0.249 e. The Balaban J connectivity index is 1.44. The standard InChI is InChI=1S/C19H23N3O3/c20-11-17-8-9-18(25-17)19(23)22-12-14-4-6-16(7-5-14)24-13-15-3-1-2-10-21-15/h1-7,10,17-18H,8-9,11-13,20H2,(H,22,23)/t17-,18+/m1/s1. The molecule has 1 aromatic heterocycles. The zero-order valence-corrected chi connectivity index (χ0v) is 14.1. The molecule has 2 atom stereocenters. The van der Waals surface area contributed by atoms with Crippen LogP contribution < -0.4 is 15.8 Å². The molecule has 25 heavy (non-hydrogen) atoms. The van der Waals surface area contributed by atoms with Gasteiger partial charge < -0.3 is 20.5 Å². The first-order valence-corrected chi connectivity index (χ1v) is 8.49. The van der Waals surface area contributed by atoms with E-state index >= 15 is 0 Å². The third-order valence-corrected chi connectivity index (χ3v) is 4.17. The van der Waals surface area contributed by atoms with Crippen molar-refractivity contribution in [1.29, 1.82) is 0 Å². The van der Waals surface area contributed by atoms with Gasteiger partial charge in [-0.1, -0.05) is 18.2 Å². The Kier molecular flexibility index (Phi) is 5.98. The summed E-state index contributed by atoms with van der Waals surface area (Å²) in [5.74, 6) is 0.692. The van der Waals surface area contributed by atoms with Crippen LogP contribution in [0.1, 0.15) is 24.1 Å². The van der Waals surface area contributed by atoms with Gasteiger partial charge >= 0.3 is 0 Å². The van der Waals surface area contributed by atoms with Gasteiger partial charge in [-0.25, -0.2) is 0 Å². The van der Waals surface area contributed by atoms with Crippen molar-refractivity contribution in [2.75, 3.05) is 6.54 Å². The molecule has 1 fully saturated rings. The molecule has 0 radical (unpaired) electrons. The van der Waals surface area contributed by atoms with Gasteiger partial charge in [0.1, 0.15) is 18.5 Å². The minimum atomic E-state index is -0.380. The summed E-state index contributed by atoms with van der Waals surface area (Å²) in [7, 11) is 0. The monoisotopic (exact) mass is 341 g/mol. The molecule has 0 saturated carbocycles. The Morgan fingerprint density at radius 2 is 2.08 bits per heavy atom. The Hall–Kier alpha value is -2.44. The van der Waals surface area contributed by atoms with Crippen LogP contribution in [0.3, 0.4) is 0 Å². The summed E-state index contributed by atoms with van der Waals surface area (Å²) in [5.41, 5.74) is 7.45.